The van der Waals surface area contributed by atoms with E-state index < -0.39 is 0 Å². The topological polar surface area (TPSA) is 20.3 Å². The number of anilines is 1. The van der Waals surface area contributed by atoms with Crippen LogP contribution in [-0.4, -0.2) is 11.7 Å². The van der Waals surface area contributed by atoms with Crippen LogP contribution in [0.25, 0.3) is 0 Å². The number of rotatable bonds is 2. The Hall–Kier alpha value is -0.680. The lowest BCUT2D eigenvalue weighted by molar-refractivity contribution is -0.115. The molecule has 21 heavy (non-hydrogen) atoms. The van der Waals surface area contributed by atoms with Gasteiger partial charge in [0, 0.05) is 10.2 Å². The van der Waals surface area contributed by atoms with Crippen molar-refractivity contribution in [2.24, 2.45) is 0 Å². The summed E-state index contributed by atoms with van der Waals surface area (Å²) in [5, 5.41) is 0.947. The molecule has 1 aliphatic heterocycles. The molecule has 1 amide bonds. The second-order valence-corrected chi connectivity index (χ2v) is 7.38. The summed E-state index contributed by atoms with van der Waals surface area (Å²) in [4.78, 5) is 14.0. The van der Waals surface area contributed by atoms with E-state index in [1.54, 1.807) is 22.7 Å². The van der Waals surface area contributed by atoms with Crippen LogP contribution in [0.2, 0.25) is 10.0 Å². The van der Waals surface area contributed by atoms with Crippen molar-refractivity contribution in [1.82, 2.24) is 0 Å². The lowest BCUT2D eigenvalue weighted by atomic mass is 10.2. The predicted octanol–water partition coefficient (Wildman–Crippen LogP) is 5.53. The largest absolute Gasteiger partial charge is 0.295 e. The average molecular weight is 403 g/mol. The van der Waals surface area contributed by atoms with Gasteiger partial charge < -0.3 is 0 Å². The molecule has 2 aromatic rings. The van der Waals surface area contributed by atoms with E-state index >= 15 is 0 Å². The maximum absolute atomic E-state index is 12.2. The van der Waals surface area contributed by atoms with Crippen molar-refractivity contribution in [2.75, 3.05) is 10.7 Å². The van der Waals surface area contributed by atoms with Crippen LogP contribution < -0.4 is 4.90 Å². The molecule has 6 heteroatoms. The molecule has 1 unspecified atom stereocenters. The molecule has 1 fully saturated rings. The number of amides is 1. The van der Waals surface area contributed by atoms with E-state index in [0.717, 1.165) is 15.7 Å². The molecule has 0 N–H and O–H groups in total. The third kappa shape index (κ3) is 3.09. The van der Waals surface area contributed by atoms with Crippen LogP contribution in [0.4, 0.5) is 5.69 Å². The van der Waals surface area contributed by atoms with E-state index in [-0.39, 0.29) is 11.3 Å². The fourth-order valence-electron chi connectivity index (χ4n) is 2.22. The lowest BCUT2D eigenvalue weighted by Crippen LogP contribution is -2.27. The first-order valence-electron chi connectivity index (χ1n) is 6.20. The minimum atomic E-state index is -0.0755. The number of nitrogens with zero attached hydrogens (tertiary/aromatic N) is 1. The molecule has 0 aromatic heterocycles. The molecule has 3 rings (SSSR count). The highest BCUT2D eigenvalue weighted by Crippen LogP contribution is 2.43. The highest BCUT2D eigenvalue weighted by molar-refractivity contribution is 9.10. The van der Waals surface area contributed by atoms with Crippen molar-refractivity contribution in [3.05, 3.63) is 62.5 Å². The van der Waals surface area contributed by atoms with Crippen molar-refractivity contribution in [3.8, 4) is 0 Å². The second-order valence-electron chi connectivity index (χ2n) is 4.58. The minimum Gasteiger partial charge on any atom is -0.295 e. The van der Waals surface area contributed by atoms with Crippen molar-refractivity contribution in [2.45, 2.75) is 5.37 Å². The Kier molecular flexibility index (Phi) is 4.50. The standard InChI is InChI=1S/C15H10BrCl2NOS/c16-10-2-4-11(5-3-10)19-14(20)8-21-15(19)9-1-6-12(17)13(18)7-9/h1-7,15H,8H2. The van der Waals surface area contributed by atoms with Gasteiger partial charge in [-0.1, -0.05) is 45.2 Å². The zero-order valence-electron chi connectivity index (χ0n) is 10.7. The normalized spacial score (nSPS) is 18.3. The van der Waals surface area contributed by atoms with Crippen LogP contribution in [0.3, 0.4) is 0 Å². The van der Waals surface area contributed by atoms with Crippen LogP contribution in [0, 0.1) is 0 Å². The summed E-state index contributed by atoms with van der Waals surface area (Å²) in [6.07, 6.45) is 0. The molecular formula is C15H10BrCl2NOS. The van der Waals surface area contributed by atoms with Gasteiger partial charge in [0.25, 0.3) is 0 Å². The van der Waals surface area contributed by atoms with E-state index in [2.05, 4.69) is 15.9 Å². The minimum absolute atomic E-state index is 0.0755. The molecule has 0 radical (unpaired) electrons. The van der Waals surface area contributed by atoms with Gasteiger partial charge in [-0.3, -0.25) is 9.69 Å². The van der Waals surface area contributed by atoms with Gasteiger partial charge in [-0.15, -0.1) is 11.8 Å². The van der Waals surface area contributed by atoms with Gasteiger partial charge in [0.05, 0.1) is 15.8 Å². The molecule has 2 nitrogen and oxygen atoms in total. The first kappa shape index (κ1) is 15.2. The molecule has 108 valence electrons. The van der Waals surface area contributed by atoms with E-state index in [0.29, 0.717) is 15.8 Å². The molecule has 0 spiro atoms. The fourth-order valence-corrected chi connectivity index (χ4v) is 3.96. The first-order chi connectivity index (χ1) is 10.1. The van der Waals surface area contributed by atoms with Gasteiger partial charge in [0.1, 0.15) is 5.37 Å². The number of hydrogen-bond acceptors (Lipinski definition) is 2. The fraction of sp³-hybridized carbons (Fsp3) is 0.133. The average Bonchev–Trinajstić information content (AvgIpc) is 2.85. The highest BCUT2D eigenvalue weighted by atomic mass is 79.9. The number of thioether (sulfide) groups is 1. The van der Waals surface area contributed by atoms with E-state index in [4.69, 9.17) is 23.2 Å². The smallest absolute Gasteiger partial charge is 0.238 e. The van der Waals surface area contributed by atoms with Crippen molar-refractivity contribution in [3.63, 3.8) is 0 Å². The highest BCUT2D eigenvalue weighted by Gasteiger charge is 2.34. The molecule has 1 heterocycles. The number of carbonyl (C=O) groups excluding carboxylic acids is 1. The molecule has 1 aliphatic rings. The molecule has 2 aromatic carbocycles. The summed E-state index contributed by atoms with van der Waals surface area (Å²) < 4.78 is 0.983. The first-order valence-corrected chi connectivity index (χ1v) is 8.80. The van der Waals surface area contributed by atoms with Crippen molar-refractivity contribution < 1.29 is 4.79 Å². The number of benzene rings is 2. The Bertz CT molecular complexity index is 693. The third-order valence-corrected chi connectivity index (χ3v) is 5.68. The van der Waals surface area contributed by atoms with Crippen LogP contribution in [0.15, 0.2) is 46.9 Å². The Morgan fingerprint density at radius 1 is 1.10 bits per heavy atom. The van der Waals surface area contributed by atoms with Crippen LogP contribution in [0.5, 0.6) is 0 Å². The maximum Gasteiger partial charge on any atom is 0.238 e. The predicted molar refractivity (Wildman–Crippen MR) is 93.3 cm³/mol. The lowest BCUT2D eigenvalue weighted by Gasteiger charge is -2.24. The van der Waals surface area contributed by atoms with E-state index in [9.17, 15) is 4.79 Å². The van der Waals surface area contributed by atoms with E-state index in [1.807, 2.05) is 36.4 Å². The SMILES string of the molecule is O=C1CSC(c2ccc(Cl)c(Cl)c2)N1c1ccc(Br)cc1. The molecule has 1 saturated heterocycles. The molecule has 1 atom stereocenters. The quantitative estimate of drug-likeness (QED) is 0.657. The number of carbonyl (C=O) groups is 1. The van der Waals surface area contributed by atoms with Gasteiger partial charge in [0.2, 0.25) is 5.91 Å². The molecule has 0 bridgehead atoms. The maximum atomic E-state index is 12.2. The Labute approximate surface area is 145 Å². The summed E-state index contributed by atoms with van der Waals surface area (Å²) in [6, 6.07) is 13.2. The van der Waals surface area contributed by atoms with Gasteiger partial charge in [-0.05, 0) is 42.0 Å². The van der Waals surface area contributed by atoms with Gasteiger partial charge in [-0.25, -0.2) is 0 Å². The van der Waals surface area contributed by atoms with E-state index in [1.165, 1.54) is 0 Å². The Morgan fingerprint density at radius 2 is 1.81 bits per heavy atom. The van der Waals surface area contributed by atoms with Crippen LogP contribution in [0.1, 0.15) is 10.9 Å². The Morgan fingerprint density at radius 3 is 2.48 bits per heavy atom. The summed E-state index contributed by atoms with van der Waals surface area (Å²) in [6.45, 7) is 0. The summed E-state index contributed by atoms with van der Waals surface area (Å²) >= 11 is 17.0. The zero-order chi connectivity index (χ0) is 15.0. The van der Waals surface area contributed by atoms with Gasteiger partial charge in [-0.2, -0.15) is 0 Å². The summed E-state index contributed by atoms with van der Waals surface area (Å²) in [7, 11) is 0. The zero-order valence-corrected chi connectivity index (χ0v) is 14.6. The summed E-state index contributed by atoms with van der Waals surface area (Å²) in [5.41, 5.74) is 1.85. The monoisotopic (exact) mass is 401 g/mol. The number of hydrogen-bond donors (Lipinski definition) is 0. The third-order valence-electron chi connectivity index (χ3n) is 3.20. The van der Waals surface area contributed by atoms with Crippen LogP contribution >= 0.6 is 50.9 Å². The summed E-state index contributed by atoms with van der Waals surface area (Å²) in [5.74, 6) is 0.555. The van der Waals surface area contributed by atoms with Crippen molar-refractivity contribution >= 4 is 62.5 Å². The molecule has 0 aliphatic carbocycles. The molecule has 0 saturated carbocycles. The molecular weight excluding hydrogens is 393 g/mol. The number of halogens is 3. The second kappa shape index (κ2) is 6.21. The van der Waals surface area contributed by atoms with Gasteiger partial charge in [0.15, 0.2) is 0 Å². The Balaban J connectivity index is 1.99. The van der Waals surface area contributed by atoms with Crippen molar-refractivity contribution in [1.29, 1.82) is 0 Å². The van der Waals surface area contributed by atoms with Crippen LogP contribution in [-0.2, 0) is 4.79 Å². The van der Waals surface area contributed by atoms with Gasteiger partial charge >= 0.3 is 0 Å².